The first-order valence-corrected chi connectivity index (χ1v) is 6.30. The maximum Gasteiger partial charge on any atom is 0.250 e. The van der Waals surface area contributed by atoms with Gasteiger partial charge in [-0.05, 0) is 18.9 Å². The number of carbonyl (C=O) groups is 1. The minimum atomic E-state index is 0.00952. The van der Waals surface area contributed by atoms with Gasteiger partial charge in [-0.3, -0.25) is 4.79 Å². The summed E-state index contributed by atoms with van der Waals surface area (Å²) in [6.45, 7) is 3.57. The van der Waals surface area contributed by atoms with Crippen LogP contribution in [0.5, 0.6) is 0 Å². The van der Waals surface area contributed by atoms with E-state index >= 15 is 0 Å². The molecule has 4 nitrogen and oxygen atoms in total. The van der Waals surface area contributed by atoms with Crippen molar-refractivity contribution in [2.24, 2.45) is 0 Å². The summed E-state index contributed by atoms with van der Waals surface area (Å²) in [5, 5.41) is 0. The first kappa shape index (κ1) is 13.1. The van der Waals surface area contributed by atoms with Crippen LogP contribution in [0.1, 0.15) is 12.5 Å². The van der Waals surface area contributed by atoms with Crippen molar-refractivity contribution in [1.82, 2.24) is 4.90 Å². The zero-order valence-corrected chi connectivity index (χ0v) is 10.7. The molecule has 1 aliphatic rings. The second kappa shape index (κ2) is 6.52. The molecule has 1 saturated heterocycles. The van der Waals surface area contributed by atoms with E-state index < -0.39 is 0 Å². The van der Waals surface area contributed by atoms with Gasteiger partial charge in [-0.2, -0.15) is 0 Å². The topological polar surface area (TPSA) is 38.8 Å². The molecule has 18 heavy (non-hydrogen) atoms. The van der Waals surface area contributed by atoms with E-state index in [2.05, 4.69) is 12.1 Å². The molecule has 4 heteroatoms. The van der Waals surface area contributed by atoms with E-state index in [4.69, 9.17) is 9.47 Å². The van der Waals surface area contributed by atoms with Crippen molar-refractivity contribution in [3.05, 3.63) is 35.9 Å². The van der Waals surface area contributed by atoms with Crippen LogP contribution >= 0.6 is 0 Å². The molecular formula is C14H19NO3. The summed E-state index contributed by atoms with van der Waals surface area (Å²) in [7, 11) is 0. The molecule has 1 atom stereocenters. The van der Waals surface area contributed by atoms with Crippen molar-refractivity contribution in [3.63, 3.8) is 0 Å². The Morgan fingerprint density at radius 1 is 1.44 bits per heavy atom. The molecule has 1 amide bonds. The normalized spacial score (nSPS) is 19.2. The molecule has 1 aromatic rings. The lowest BCUT2D eigenvalue weighted by molar-refractivity contribution is -0.138. The molecule has 0 spiro atoms. The lowest BCUT2D eigenvalue weighted by Crippen LogP contribution is -2.40. The predicted octanol–water partition coefficient (Wildman–Crippen LogP) is 1.45. The van der Waals surface area contributed by atoms with Gasteiger partial charge in [-0.15, -0.1) is 0 Å². The van der Waals surface area contributed by atoms with Crippen molar-refractivity contribution < 1.29 is 14.3 Å². The number of rotatable bonds is 5. The van der Waals surface area contributed by atoms with E-state index in [1.165, 1.54) is 5.56 Å². The van der Waals surface area contributed by atoms with Crippen LogP contribution in [0.3, 0.4) is 0 Å². The summed E-state index contributed by atoms with van der Waals surface area (Å²) in [5.41, 5.74) is 1.22. The molecule has 1 fully saturated rings. The average Bonchev–Trinajstić information content (AvgIpc) is 2.85. The molecule has 0 radical (unpaired) electrons. The van der Waals surface area contributed by atoms with Gasteiger partial charge in [0.15, 0.2) is 0 Å². The van der Waals surface area contributed by atoms with Crippen LogP contribution in [0.4, 0.5) is 0 Å². The summed E-state index contributed by atoms with van der Waals surface area (Å²) in [6.07, 6.45) is 0.832. The molecule has 2 rings (SSSR count). The molecule has 0 saturated carbocycles. The third-order valence-corrected chi connectivity index (χ3v) is 3.05. The zero-order chi connectivity index (χ0) is 12.8. The van der Waals surface area contributed by atoms with Gasteiger partial charge < -0.3 is 14.4 Å². The average molecular weight is 249 g/mol. The largest absolute Gasteiger partial charge is 0.372 e. The number of amides is 1. The monoisotopic (exact) mass is 249 g/mol. The fourth-order valence-electron chi connectivity index (χ4n) is 2.09. The minimum absolute atomic E-state index is 0.00952. The molecule has 98 valence electrons. The molecule has 0 unspecified atom stereocenters. The molecular weight excluding hydrogens is 230 g/mol. The highest BCUT2D eigenvalue weighted by molar-refractivity contribution is 5.77. The van der Waals surface area contributed by atoms with Gasteiger partial charge in [0.2, 0.25) is 0 Å². The maximum absolute atomic E-state index is 11.9. The van der Waals surface area contributed by atoms with Crippen molar-refractivity contribution in [1.29, 1.82) is 0 Å². The van der Waals surface area contributed by atoms with Gasteiger partial charge in [0.1, 0.15) is 13.3 Å². The second-order valence-electron chi connectivity index (χ2n) is 4.34. The summed E-state index contributed by atoms with van der Waals surface area (Å²) in [5.74, 6) is 0.00952. The number of hydrogen-bond donors (Lipinski definition) is 0. The SMILES string of the molecule is CCOCC(=O)N1COC[C@@H]1Cc1ccccc1. The number of hydrogen-bond acceptors (Lipinski definition) is 3. The van der Waals surface area contributed by atoms with Crippen LogP contribution in [-0.4, -0.2) is 43.4 Å². The lowest BCUT2D eigenvalue weighted by atomic mass is 10.1. The molecule has 0 N–H and O–H groups in total. The highest BCUT2D eigenvalue weighted by Gasteiger charge is 2.29. The second-order valence-corrected chi connectivity index (χ2v) is 4.34. The fraction of sp³-hybridized carbons (Fsp3) is 0.500. The van der Waals surface area contributed by atoms with E-state index in [1.54, 1.807) is 4.90 Å². The summed E-state index contributed by atoms with van der Waals surface area (Å²) in [4.78, 5) is 13.7. The highest BCUT2D eigenvalue weighted by atomic mass is 16.5. The van der Waals surface area contributed by atoms with E-state index in [0.29, 0.717) is 19.9 Å². The first-order chi connectivity index (χ1) is 8.81. The highest BCUT2D eigenvalue weighted by Crippen LogP contribution is 2.15. The number of ether oxygens (including phenoxy) is 2. The van der Waals surface area contributed by atoms with Crippen LogP contribution in [0.15, 0.2) is 30.3 Å². The van der Waals surface area contributed by atoms with Crippen LogP contribution in [0.2, 0.25) is 0 Å². The third kappa shape index (κ3) is 3.31. The first-order valence-electron chi connectivity index (χ1n) is 6.30. The van der Waals surface area contributed by atoms with Crippen molar-refractivity contribution in [2.75, 3.05) is 26.6 Å². The third-order valence-electron chi connectivity index (χ3n) is 3.05. The molecule has 0 bridgehead atoms. The van der Waals surface area contributed by atoms with Gasteiger partial charge in [-0.1, -0.05) is 30.3 Å². The maximum atomic E-state index is 11.9. The van der Waals surface area contributed by atoms with Crippen molar-refractivity contribution >= 4 is 5.91 Å². The molecule has 0 aliphatic carbocycles. The van der Waals surface area contributed by atoms with Gasteiger partial charge in [0.05, 0.1) is 12.6 Å². The van der Waals surface area contributed by atoms with Crippen molar-refractivity contribution in [2.45, 2.75) is 19.4 Å². The van der Waals surface area contributed by atoms with Gasteiger partial charge >= 0.3 is 0 Å². The standard InChI is InChI=1S/C14H19NO3/c1-2-17-10-14(16)15-11-18-9-13(15)8-12-6-4-3-5-7-12/h3-7,13H,2,8-11H2,1H3/t13-/m0/s1. The Kier molecular flexibility index (Phi) is 4.73. The zero-order valence-electron chi connectivity index (χ0n) is 10.7. The fourth-order valence-corrected chi connectivity index (χ4v) is 2.09. The van der Waals surface area contributed by atoms with Gasteiger partial charge in [0.25, 0.3) is 5.91 Å². The van der Waals surface area contributed by atoms with E-state index in [-0.39, 0.29) is 18.6 Å². The number of carbonyl (C=O) groups excluding carboxylic acids is 1. The van der Waals surface area contributed by atoms with E-state index in [9.17, 15) is 4.79 Å². The van der Waals surface area contributed by atoms with Crippen LogP contribution < -0.4 is 0 Å². The van der Waals surface area contributed by atoms with Gasteiger partial charge in [-0.25, -0.2) is 0 Å². The van der Waals surface area contributed by atoms with Crippen LogP contribution in [-0.2, 0) is 20.7 Å². The Labute approximate surface area is 107 Å². The Balaban J connectivity index is 1.93. The summed E-state index contributed by atoms with van der Waals surface area (Å²) >= 11 is 0. The summed E-state index contributed by atoms with van der Waals surface area (Å²) in [6, 6.07) is 10.3. The Bertz CT molecular complexity index is 380. The van der Waals surface area contributed by atoms with Crippen LogP contribution in [0, 0.1) is 0 Å². The van der Waals surface area contributed by atoms with E-state index in [1.807, 2.05) is 25.1 Å². The smallest absolute Gasteiger partial charge is 0.250 e. The number of benzene rings is 1. The van der Waals surface area contributed by atoms with Crippen LogP contribution in [0.25, 0.3) is 0 Å². The van der Waals surface area contributed by atoms with Crippen molar-refractivity contribution in [3.8, 4) is 0 Å². The molecule has 1 aliphatic heterocycles. The Hall–Kier alpha value is -1.39. The quantitative estimate of drug-likeness (QED) is 0.793. The lowest BCUT2D eigenvalue weighted by Gasteiger charge is -2.22. The van der Waals surface area contributed by atoms with E-state index in [0.717, 1.165) is 6.42 Å². The number of nitrogens with zero attached hydrogens (tertiary/aromatic N) is 1. The molecule has 0 aromatic heterocycles. The summed E-state index contributed by atoms with van der Waals surface area (Å²) < 4.78 is 10.6. The Morgan fingerprint density at radius 3 is 2.94 bits per heavy atom. The predicted molar refractivity (Wildman–Crippen MR) is 68.1 cm³/mol. The minimum Gasteiger partial charge on any atom is -0.372 e. The molecule has 1 aromatic carbocycles. The Morgan fingerprint density at radius 2 is 2.22 bits per heavy atom. The van der Waals surface area contributed by atoms with Gasteiger partial charge in [0, 0.05) is 6.61 Å². The molecule has 1 heterocycles.